The predicted molar refractivity (Wildman–Crippen MR) is 60.5 cm³/mol. The number of hydrogen-bond acceptors (Lipinski definition) is 3. The van der Waals surface area contributed by atoms with Crippen molar-refractivity contribution in [3.05, 3.63) is 24.2 Å². The predicted octanol–water partition coefficient (Wildman–Crippen LogP) is 2.17. The first kappa shape index (κ1) is 12.3. The molecule has 0 spiro atoms. The van der Waals surface area contributed by atoms with Gasteiger partial charge in [0.25, 0.3) is 0 Å². The van der Waals surface area contributed by atoms with E-state index >= 15 is 0 Å². The molecule has 1 aromatic heterocycles. The highest BCUT2D eigenvalue weighted by atomic mass is 16.3. The molecule has 0 aliphatic carbocycles. The Bertz CT molecular complexity index is 262. The van der Waals surface area contributed by atoms with Gasteiger partial charge in [-0.3, -0.25) is 0 Å². The van der Waals surface area contributed by atoms with Gasteiger partial charge in [-0.05, 0) is 24.0 Å². The van der Waals surface area contributed by atoms with Crippen LogP contribution in [0.4, 0.5) is 0 Å². The molecule has 3 heteroatoms. The molecule has 1 rings (SSSR count). The van der Waals surface area contributed by atoms with Crippen molar-refractivity contribution in [1.29, 1.82) is 0 Å². The summed E-state index contributed by atoms with van der Waals surface area (Å²) in [4.78, 5) is 0. The summed E-state index contributed by atoms with van der Waals surface area (Å²) < 4.78 is 5.21. The van der Waals surface area contributed by atoms with Crippen molar-refractivity contribution in [3.8, 4) is 0 Å². The summed E-state index contributed by atoms with van der Waals surface area (Å²) in [5, 5.41) is 12.5. The van der Waals surface area contributed by atoms with Crippen LogP contribution >= 0.6 is 0 Å². The average Bonchev–Trinajstić information content (AvgIpc) is 2.62. The lowest BCUT2D eigenvalue weighted by atomic mass is 9.88. The monoisotopic (exact) mass is 211 g/mol. The van der Waals surface area contributed by atoms with Crippen molar-refractivity contribution in [1.82, 2.24) is 5.32 Å². The van der Waals surface area contributed by atoms with Gasteiger partial charge in [-0.15, -0.1) is 0 Å². The molecule has 0 aromatic carbocycles. The molecule has 1 aromatic rings. The van der Waals surface area contributed by atoms with Crippen LogP contribution in [-0.4, -0.2) is 17.8 Å². The van der Waals surface area contributed by atoms with Gasteiger partial charge >= 0.3 is 0 Å². The molecule has 86 valence electrons. The second-order valence-electron chi connectivity index (χ2n) is 5.10. The number of hydrogen-bond donors (Lipinski definition) is 2. The molecule has 0 aliphatic rings. The maximum Gasteiger partial charge on any atom is 0.117 e. The lowest BCUT2D eigenvalue weighted by Crippen LogP contribution is -2.35. The molecule has 0 saturated carbocycles. The highest BCUT2D eigenvalue weighted by molar-refractivity contribution is 4.97. The fourth-order valence-corrected chi connectivity index (χ4v) is 1.60. The van der Waals surface area contributed by atoms with Gasteiger partial charge in [0.05, 0.1) is 19.4 Å². The maximum atomic E-state index is 9.22. The lowest BCUT2D eigenvalue weighted by Gasteiger charge is -2.25. The van der Waals surface area contributed by atoms with Crippen molar-refractivity contribution in [3.63, 3.8) is 0 Å². The van der Waals surface area contributed by atoms with Crippen molar-refractivity contribution in [2.75, 3.05) is 6.61 Å². The van der Waals surface area contributed by atoms with E-state index in [9.17, 15) is 5.11 Å². The molecule has 3 nitrogen and oxygen atoms in total. The van der Waals surface area contributed by atoms with E-state index in [0.29, 0.717) is 6.54 Å². The molecule has 0 aliphatic heterocycles. The maximum absolute atomic E-state index is 9.22. The molecule has 0 fully saturated rings. The van der Waals surface area contributed by atoms with E-state index in [-0.39, 0.29) is 18.1 Å². The van der Waals surface area contributed by atoms with Crippen LogP contribution in [0.3, 0.4) is 0 Å². The third-order valence-corrected chi connectivity index (χ3v) is 2.22. The molecule has 0 saturated heterocycles. The van der Waals surface area contributed by atoms with Gasteiger partial charge in [-0.25, -0.2) is 0 Å². The Kier molecular flexibility index (Phi) is 4.36. The van der Waals surface area contributed by atoms with E-state index in [0.717, 1.165) is 12.2 Å². The van der Waals surface area contributed by atoms with Gasteiger partial charge in [0, 0.05) is 6.04 Å². The minimum atomic E-state index is 0.134. The average molecular weight is 211 g/mol. The second-order valence-corrected chi connectivity index (χ2v) is 5.10. The number of aliphatic hydroxyl groups is 1. The summed E-state index contributed by atoms with van der Waals surface area (Å²) in [6.07, 6.45) is 2.61. The molecule has 15 heavy (non-hydrogen) atoms. The van der Waals surface area contributed by atoms with Crippen LogP contribution in [0.25, 0.3) is 0 Å². The van der Waals surface area contributed by atoms with Crippen LogP contribution in [0.1, 0.15) is 33.0 Å². The van der Waals surface area contributed by atoms with Gasteiger partial charge in [0.15, 0.2) is 0 Å². The third kappa shape index (κ3) is 5.00. The smallest absolute Gasteiger partial charge is 0.117 e. The quantitative estimate of drug-likeness (QED) is 0.784. The Hall–Kier alpha value is -0.800. The molecular weight excluding hydrogens is 190 g/mol. The fourth-order valence-electron chi connectivity index (χ4n) is 1.60. The van der Waals surface area contributed by atoms with Gasteiger partial charge in [-0.2, -0.15) is 0 Å². The Balaban J connectivity index is 2.34. The SMILES string of the molecule is CC(C)(C)C[C@H](CO)NCc1ccco1. The molecule has 1 heterocycles. The molecule has 0 radical (unpaired) electrons. The van der Waals surface area contributed by atoms with Crippen LogP contribution in [-0.2, 0) is 6.54 Å². The molecule has 1 atom stereocenters. The van der Waals surface area contributed by atoms with Gasteiger partial charge < -0.3 is 14.8 Å². The van der Waals surface area contributed by atoms with E-state index < -0.39 is 0 Å². The summed E-state index contributed by atoms with van der Waals surface area (Å²) in [7, 11) is 0. The first-order valence-corrected chi connectivity index (χ1v) is 5.38. The normalized spacial score (nSPS) is 14.1. The number of furan rings is 1. The van der Waals surface area contributed by atoms with Crippen LogP contribution < -0.4 is 5.32 Å². The zero-order valence-electron chi connectivity index (χ0n) is 9.79. The van der Waals surface area contributed by atoms with Crippen LogP contribution in [0.15, 0.2) is 22.8 Å². The third-order valence-electron chi connectivity index (χ3n) is 2.22. The largest absolute Gasteiger partial charge is 0.468 e. The minimum Gasteiger partial charge on any atom is -0.468 e. The summed E-state index contributed by atoms with van der Waals surface area (Å²) in [5.74, 6) is 0.905. The number of aliphatic hydroxyl groups excluding tert-OH is 1. The highest BCUT2D eigenvalue weighted by Crippen LogP contribution is 2.20. The molecule has 0 unspecified atom stereocenters. The highest BCUT2D eigenvalue weighted by Gasteiger charge is 2.17. The molecule has 2 N–H and O–H groups in total. The van der Waals surface area contributed by atoms with E-state index in [1.165, 1.54) is 0 Å². The first-order chi connectivity index (χ1) is 7.01. The molecule has 0 amide bonds. The van der Waals surface area contributed by atoms with E-state index in [1.807, 2.05) is 12.1 Å². The van der Waals surface area contributed by atoms with Gasteiger partial charge in [-0.1, -0.05) is 20.8 Å². The zero-order valence-corrected chi connectivity index (χ0v) is 9.79. The van der Waals surface area contributed by atoms with Crippen LogP contribution in [0.5, 0.6) is 0 Å². The Morgan fingerprint density at radius 2 is 2.20 bits per heavy atom. The van der Waals surface area contributed by atoms with E-state index in [4.69, 9.17) is 4.42 Å². The summed E-state index contributed by atoms with van der Waals surface area (Å²) in [5.41, 5.74) is 0.226. The Morgan fingerprint density at radius 3 is 2.67 bits per heavy atom. The lowest BCUT2D eigenvalue weighted by molar-refractivity contribution is 0.195. The van der Waals surface area contributed by atoms with Gasteiger partial charge in [0.2, 0.25) is 0 Å². The molecular formula is C12H21NO2. The zero-order chi connectivity index (χ0) is 11.3. The van der Waals surface area contributed by atoms with Crippen molar-refractivity contribution in [2.45, 2.75) is 39.8 Å². The minimum absolute atomic E-state index is 0.134. The van der Waals surface area contributed by atoms with E-state index in [1.54, 1.807) is 6.26 Å². The van der Waals surface area contributed by atoms with Crippen LogP contribution in [0.2, 0.25) is 0 Å². The molecule has 0 bridgehead atoms. The summed E-state index contributed by atoms with van der Waals surface area (Å²) >= 11 is 0. The van der Waals surface area contributed by atoms with Crippen LogP contribution in [0, 0.1) is 5.41 Å². The van der Waals surface area contributed by atoms with Crippen molar-refractivity contribution >= 4 is 0 Å². The van der Waals surface area contributed by atoms with Crippen molar-refractivity contribution < 1.29 is 9.52 Å². The van der Waals surface area contributed by atoms with Gasteiger partial charge in [0.1, 0.15) is 5.76 Å². The number of rotatable bonds is 5. The van der Waals surface area contributed by atoms with E-state index in [2.05, 4.69) is 26.1 Å². The summed E-state index contributed by atoms with van der Waals surface area (Å²) in [6.45, 7) is 7.35. The topological polar surface area (TPSA) is 45.4 Å². The fraction of sp³-hybridized carbons (Fsp3) is 0.667. The first-order valence-electron chi connectivity index (χ1n) is 5.38. The van der Waals surface area contributed by atoms with Crippen molar-refractivity contribution in [2.24, 2.45) is 5.41 Å². The Labute approximate surface area is 91.5 Å². The Morgan fingerprint density at radius 1 is 1.47 bits per heavy atom. The standard InChI is InChI=1S/C12H21NO2/c1-12(2,3)7-10(9-14)13-8-11-5-4-6-15-11/h4-6,10,13-14H,7-9H2,1-3H3/t10-/m1/s1. The summed E-state index contributed by atoms with van der Waals surface area (Å²) in [6, 6.07) is 3.93. The number of nitrogens with one attached hydrogen (secondary N) is 1. The second kappa shape index (κ2) is 5.33.